The molecule has 1 aromatic carbocycles. The second kappa shape index (κ2) is 5.54. The van der Waals surface area contributed by atoms with Crippen molar-refractivity contribution >= 4 is 46.2 Å². The van der Waals surface area contributed by atoms with Crippen LogP contribution in [0.2, 0.25) is 5.02 Å². The predicted octanol–water partition coefficient (Wildman–Crippen LogP) is 1.13. The van der Waals surface area contributed by atoms with Crippen LogP contribution >= 0.6 is 23.8 Å². The highest BCUT2D eigenvalue weighted by Gasteiger charge is 2.27. The summed E-state index contributed by atoms with van der Waals surface area (Å²) in [6.45, 7) is 0. The molecule has 0 heterocycles. The van der Waals surface area contributed by atoms with Gasteiger partial charge in [0.15, 0.2) is 10.1 Å². The Kier molecular flexibility index (Phi) is 4.30. The molecule has 100 valence electrons. The number of nitrogens with zero attached hydrogens (tertiary/aromatic N) is 2. The molecule has 0 atom stereocenters. The number of carbonyl (C=O) groups excluding carboxylic acids is 1. The van der Waals surface area contributed by atoms with Crippen molar-refractivity contribution in [1.82, 2.24) is 5.32 Å². The van der Waals surface area contributed by atoms with E-state index in [9.17, 15) is 25.0 Å². The smallest absolute Gasteiger partial charge is 0.295 e. The van der Waals surface area contributed by atoms with E-state index < -0.39 is 32.2 Å². The van der Waals surface area contributed by atoms with Gasteiger partial charge in [-0.25, -0.2) is 0 Å². The van der Waals surface area contributed by atoms with Crippen molar-refractivity contribution in [2.24, 2.45) is 5.73 Å². The third-order valence-electron chi connectivity index (χ3n) is 1.93. The Labute approximate surface area is 115 Å². The van der Waals surface area contributed by atoms with Crippen molar-refractivity contribution in [3.63, 3.8) is 0 Å². The zero-order chi connectivity index (χ0) is 14.7. The number of nitrogens with one attached hydrogen (secondary N) is 1. The SMILES string of the molecule is NC(=S)NC(=O)c1cc([N+](=O)[O-])c(Cl)c([N+](=O)[O-])c1. The molecule has 0 aromatic heterocycles. The van der Waals surface area contributed by atoms with E-state index in [4.69, 9.17) is 17.3 Å². The third kappa shape index (κ3) is 3.33. The molecule has 9 nitrogen and oxygen atoms in total. The van der Waals surface area contributed by atoms with Gasteiger partial charge >= 0.3 is 0 Å². The summed E-state index contributed by atoms with van der Waals surface area (Å²) in [4.78, 5) is 31.1. The van der Waals surface area contributed by atoms with Gasteiger partial charge in [-0.3, -0.25) is 30.3 Å². The molecule has 0 saturated carbocycles. The van der Waals surface area contributed by atoms with Crippen LogP contribution < -0.4 is 11.1 Å². The average Bonchev–Trinajstić information content (AvgIpc) is 2.27. The number of nitro groups is 2. The summed E-state index contributed by atoms with van der Waals surface area (Å²) >= 11 is 9.93. The summed E-state index contributed by atoms with van der Waals surface area (Å²) in [5.41, 5.74) is 3.19. The van der Waals surface area contributed by atoms with E-state index in [-0.39, 0.29) is 10.7 Å². The number of nitrogens with two attached hydrogens (primary N) is 1. The highest BCUT2D eigenvalue weighted by Crippen LogP contribution is 2.34. The normalized spacial score (nSPS) is 9.74. The van der Waals surface area contributed by atoms with E-state index in [2.05, 4.69) is 12.2 Å². The van der Waals surface area contributed by atoms with E-state index in [0.717, 1.165) is 12.1 Å². The molecular formula is C8H5ClN4O5S. The number of amides is 1. The van der Waals surface area contributed by atoms with Crippen molar-refractivity contribution in [2.45, 2.75) is 0 Å². The Balaban J connectivity index is 3.42. The first-order chi connectivity index (χ1) is 8.73. The topological polar surface area (TPSA) is 141 Å². The van der Waals surface area contributed by atoms with Gasteiger partial charge in [-0.15, -0.1) is 0 Å². The Morgan fingerprint density at radius 3 is 2.00 bits per heavy atom. The number of hydrogen-bond acceptors (Lipinski definition) is 6. The largest absolute Gasteiger partial charge is 0.376 e. The lowest BCUT2D eigenvalue weighted by Crippen LogP contribution is -2.34. The fourth-order valence-electron chi connectivity index (χ4n) is 1.18. The van der Waals surface area contributed by atoms with Crippen LogP contribution in [-0.4, -0.2) is 20.9 Å². The lowest BCUT2D eigenvalue weighted by Gasteiger charge is -2.04. The second-order valence-electron chi connectivity index (χ2n) is 3.16. The monoisotopic (exact) mass is 304 g/mol. The predicted molar refractivity (Wildman–Crippen MR) is 69.0 cm³/mol. The number of nitro benzene ring substituents is 2. The molecule has 0 bridgehead atoms. The first-order valence-electron chi connectivity index (χ1n) is 4.47. The highest BCUT2D eigenvalue weighted by atomic mass is 35.5. The maximum Gasteiger partial charge on any atom is 0.295 e. The quantitative estimate of drug-likeness (QED) is 0.484. The minimum atomic E-state index is -0.938. The summed E-state index contributed by atoms with van der Waals surface area (Å²) < 4.78 is 0. The van der Waals surface area contributed by atoms with Crippen molar-refractivity contribution in [1.29, 1.82) is 0 Å². The van der Waals surface area contributed by atoms with Gasteiger partial charge in [0.2, 0.25) is 0 Å². The zero-order valence-electron chi connectivity index (χ0n) is 8.95. The highest BCUT2D eigenvalue weighted by molar-refractivity contribution is 7.80. The molecule has 0 spiro atoms. The molecule has 19 heavy (non-hydrogen) atoms. The Morgan fingerprint density at radius 2 is 1.68 bits per heavy atom. The summed E-state index contributed by atoms with van der Waals surface area (Å²) in [6, 6.07) is 1.59. The summed E-state index contributed by atoms with van der Waals surface area (Å²) in [6.07, 6.45) is 0. The van der Waals surface area contributed by atoms with Gasteiger partial charge in [0.05, 0.1) is 15.4 Å². The van der Waals surface area contributed by atoms with Crippen LogP contribution in [0, 0.1) is 20.2 Å². The average molecular weight is 305 g/mol. The fourth-order valence-corrected chi connectivity index (χ4v) is 1.51. The molecule has 0 unspecified atom stereocenters. The lowest BCUT2D eigenvalue weighted by molar-refractivity contribution is -0.393. The molecule has 1 amide bonds. The van der Waals surface area contributed by atoms with Gasteiger partial charge in [-0.1, -0.05) is 11.6 Å². The number of carbonyl (C=O) groups is 1. The molecule has 0 saturated heterocycles. The van der Waals surface area contributed by atoms with E-state index >= 15 is 0 Å². The molecule has 0 fully saturated rings. The molecule has 0 aliphatic rings. The first kappa shape index (κ1) is 14.7. The van der Waals surface area contributed by atoms with Crippen LogP contribution in [0.4, 0.5) is 11.4 Å². The van der Waals surface area contributed by atoms with Crippen molar-refractivity contribution in [2.75, 3.05) is 0 Å². The molecule has 1 rings (SSSR count). The lowest BCUT2D eigenvalue weighted by atomic mass is 10.1. The maximum absolute atomic E-state index is 11.5. The van der Waals surface area contributed by atoms with Gasteiger partial charge in [0.25, 0.3) is 17.3 Å². The first-order valence-corrected chi connectivity index (χ1v) is 5.25. The fraction of sp³-hybridized carbons (Fsp3) is 0. The van der Waals surface area contributed by atoms with E-state index in [1.807, 2.05) is 5.32 Å². The Bertz CT molecular complexity index is 570. The summed E-state index contributed by atoms with van der Waals surface area (Å²) in [5, 5.41) is 22.4. The number of hydrogen-bond donors (Lipinski definition) is 2. The number of halogens is 1. The summed E-state index contributed by atoms with van der Waals surface area (Å²) in [5.74, 6) is -0.907. The van der Waals surface area contributed by atoms with Crippen LogP contribution in [0.3, 0.4) is 0 Å². The third-order valence-corrected chi connectivity index (χ3v) is 2.42. The molecular weight excluding hydrogens is 300 g/mol. The van der Waals surface area contributed by atoms with Crippen LogP contribution in [0.5, 0.6) is 0 Å². The number of benzene rings is 1. The molecule has 11 heteroatoms. The Hall–Kier alpha value is -2.33. The van der Waals surface area contributed by atoms with Crippen molar-refractivity contribution in [3.05, 3.63) is 42.9 Å². The molecule has 0 aliphatic carbocycles. The minimum Gasteiger partial charge on any atom is -0.376 e. The van der Waals surface area contributed by atoms with Crippen LogP contribution in [-0.2, 0) is 0 Å². The van der Waals surface area contributed by atoms with E-state index in [1.54, 1.807) is 0 Å². The minimum absolute atomic E-state index is 0.351. The van der Waals surface area contributed by atoms with E-state index in [1.165, 1.54) is 0 Å². The molecule has 1 aromatic rings. The molecule has 0 aliphatic heterocycles. The van der Waals surface area contributed by atoms with E-state index in [0.29, 0.717) is 0 Å². The standard InChI is InChI=1S/C8H5ClN4O5S/c9-6-4(12(15)16)1-3(2-5(6)13(17)18)7(14)11-8(10)19/h1-2H,(H3,10,11,14,19). The molecule has 0 radical (unpaired) electrons. The van der Waals surface area contributed by atoms with Crippen LogP contribution in [0.25, 0.3) is 0 Å². The van der Waals surface area contributed by atoms with Crippen LogP contribution in [0.15, 0.2) is 12.1 Å². The number of thiocarbonyl (C=S) groups is 1. The van der Waals surface area contributed by atoms with Crippen molar-refractivity contribution in [3.8, 4) is 0 Å². The van der Waals surface area contributed by atoms with Gasteiger partial charge in [0.1, 0.15) is 0 Å². The Morgan fingerprint density at radius 1 is 1.26 bits per heavy atom. The number of rotatable bonds is 3. The summed E-state index contributed by atoms with van der Waals surface area (Å²) in [7, 11) is 0. The zero-order valence-corrected chi connectivity index (χ0v) is 10.5. The van der Waals surface area contributed by atoms with Gasteiger partial charge in [-0.2, -0.15) is 0 Å². The molecule has 3 N–H and O–H groups in total. The maximum atomic E-state index is 11.5. The van der Waals surface area contributed by atoms with Gasteiger partial charge < -0.3 is 5.73 Å². The second-order valence-corrected chi connectivity index (χ2v) is 3.98. The van der Waals surface area contributed by atoms with Gasteiger partial charge in [0, 0.05) is 12.1 Å². The van der Waals surface area contributed by atoms with Crippen LogP contribution in [0.1, 0.15) is 10.4 Å². The van der Waals surface area contributed by atoms with Gasteiger partial charge in [-0.05, 0) is 12.2 Å². The van der Waals surface area contributed by atoms with Crippen molar-refractivity contribution < 1.29 is 14.6 Å².